The van der Waals surface area contributed by atoms with Crippen LogP contribution in [-0.2, 0) is 0 Å². The summed E-state index contributed by atoms with van der Waals surface area (Å²) >= 11 is 0. The molecule has 0 atom stereocenters. The average molecular weight is 567 g/mol. The summed E-state index contributed by atoms with van der Waals surface area (Å²) in [6.45, 7) is 0. The molecule has 200 valence electrons. The van der Waals surface area contributed by atoms with E-state index in [-0.39, 0.29) is 44.2 Å². The maximum absolute atomic E-state index is 9.45. The van der Waals surface area contributed by atoms with E-state index in [1.54, 1.807) is 24.3 Å². The molecule has 0 spiro atoms. The molecule has 1 aromatic heterocycles. The number of para-hydroxylation sites is 2. The highest BCUT2D eigenvalue weighted by atomic mass is 16.3. The van der Waals surface area contributed by atoms with Crippen LogP contribution in [0.2, 0.25) is 0 Å². The molecule has 1 heterocycles. The van der Waals surface area contributed by atoms with Gasteiger partial charge in [-0.1, -0.05) is 151 Å². The van der Waals surface area contributed by atoms with Gasteiger partial charge in [-0.05, 0) is 55.1 Å². The van der Waals surface area contributed by atoms with Crippen molar-refractivity contribution in [2.75, 3.05) is 0 Å². The van der Waals surface area contributed by atoms with Crippen molar-refractivity contribution in [3.05, 3.63) is 157 Å². The van der Waals surface area contributed by atoms with E-state index < -0.39 is 154 Å². The number of fused-ring (bicyclic) bond motifs is 6. The summed E-state index contributed by atoms with van der Waals surface area (Å²) < 4.78 is 183. The molecule has 0 saturated carbocycles. The first-order valence-corrected chi connectivity index (χ1v) is 13.1. The Morgan fingerprint density at radius 1 is 0.395 bits per heavy atom. The van der Waals surface area contributed by atoms with Crippen molar-refractivity contribution in [2.45, 2.75) is 0 Å². The van der Waals surface area contributed by atoms with E-state index in [4.69, 9.17) is 23.6 Å². The number of hydrogen-bond acceptors (Lipinski definition) is 1. The van der Waals surface area contributed by atoms with Gasteiger partial charge in [0.15, 0.2) is 0 Å². The van der Waals surface area contributed by atoms with Crippen molar-refractivity contribution in [1.82, 2.24) is 0 Å². The standard InChI is InChI=1S/C42H26O/c1-2-13-28(14-3-1)31-20-10-21-36-37-22-11-23-38(42(37)43-41(31)36)40-34-18-8-6-16-32(34)39(33-17-7-9-19-35(33)40)30-25-24-27-12-4-5-15-29(27)26-30/h1-26H/i1D,2D,3D,4D,5D,6D,7D,8D,9D,12D,13D,14D,15D,16D,17D,18D,19D,24D,25D,26D. The molecule has 0 aliphatic rings. The maximum Gasteiger partial charge on any atom is 0.143 e. The molecule has 1 heteroatoms. The van der Waals surface area contributed by atoms with Gasteiger partial charge in [0, 0.05) is 27.5 Å². The minimum Gasteiger partial charge on any atom is -0.455 e. The Morgan fingerprint density at radius 3 is 1.60 bits per heavy atom. The third-order valence-corrected chi connectivity index (χ3v) is 7.44. The second kappa shape index (κ2) is 9.44. The second-order valence-corrected chi connectivity index (χ2v) is 9.72. The minimum atomic E-state index is -0.813. The molecular formula is C42H26O. The first-order valence-electron chi connectivity index (χ1n) is 23.1. The smallest absolute Gasteiger partial charge is 0.143 e. The summed E-state index contributed by atoms with van der Waals surface area (Å²) in [7, 11) is 0. The Kier molecular flexibility index (Phi) is 2.54. The summed E-state index contributed by atoms with van der Waals surface area (Å²) in [5, 5.41) is -1.73. The lowest BCUT2D eigenvalue weighted by Gasteiger charge is -2.18. The Morgan fingerprint density at radius 2 is 0.930 bits per heavy atom. The largest absolute Gasteiger partial charge is 0.455 e. The molecule has 0 radical (unpaired) electrons. The van der Waals surface area contributed by atoms with Crippen LogP contribution in [0.3, 0.4) is 0 Å². The van der Waals surface area contributed by atoms with Crippen molar-refractivity contribution in [1.29, 1.82) is 0 Å². The van der Waals surface area contributed by atoms with E-state index in [0.29, 0.717) is 10.8 Å². The van der Waals surface area contributed by atoms with Crippen LogP contribution in [0.15, 0.2) is 162 Å². The summed E-state index contributed by atoms with van der Waals surface area (Å²) in [5.74, 6) is 0. The summed E-state index contributed by atoms with van der Waals surface area (Å²) in [6.07, 6.45) is 0. The first kappa shape index (κ1) is 11.6. The van der Waals surface area contributed by atoms with Gasteiger partial charge in [0.25, 0.3) is 0 Å². The van der Waals surface area contributed by atoms with Gasteiger partial charge in [0.1, 0.15) is 11.2 Å². The Hall–Kier alpha value is -5.66. The van der Waals surface area contributed by atoms with Crippen LogP contribution in [0.1, 0.15) is 27.4 Å². The molecule has 0 unspecified atom stereocenters. The lowest BCUT2D eigenvalue weighted by molar-refractivity contribution is 0.671. The molecule has 0 amide bonds. The zero-order valence-corrected chi connectivity index (χ0v) is 21.9. The van der Waals surface area contributed by atoms with Gasteiger partial charge in [-0.2, -0.15) is 0 Å². The Bertz CT molecular complexity index is 3520. The Labute approximate surface area is 277 Å². The third kappa shape index (κ3) is 3.65. The molecule has 0 aliphatic carbocycles. The van der Waals surface area contributed by atoms with Crippen molar-refractivity contribution in [3.8, 4) is 33.4 Å². The monoisotopic (exact) mass is 566 g/mol. The van der Waals surface area contributed by atoms with Crippen LogP contribution in [-0.4, -0.2) is 0 Å². The highest BCUT2D eigenvalue weighted by Gasteiger charge is 2.21. The highest BCUT2D eigenvalue weighted by Crippen LogP contribution is 2.47. The van der Waals surface area contributed by atoms with Gasteiger partial charge < -0.3 is 4.42 Å². The van der Waals surface area contributed by atoms with Gasteiger partial charge in [-0.25, -0.2) is 0 Å². The number of furan rings is 1. The molecule has 0 bridgehead atoms. The Balaban J connectivity index is 1.55. The van der Waals surface area contributed by atoms with Gasteiger partial charge in [0.05, 0.1) is 27.4 Å². The normalized spacial score (nSPS) is 18.2. The first-order chi connectivity index (χ1) is 29.7. The van der Waals surface area contributed by atoms with Crippen LogP contribution in [0.25, 0.3) is 87.6 Å². The molecule has 0 saturated heterocycles. The van der Waals surface area contributed by atoms with Crippen molar-refractivity contribution in [2.24, 2.45) is 0 Å². The van der Waals surface area contributed by atoms with Crippen molar-refractivity contribution >= 4 is 54.3 Å². The third-order valence-electron chi connectivity index (χ3n) is 7.44. The van der Waals surface area contributed by atoms with E-state index in [1.165, 1.54) is 12.1 Å². The fourth-order valence-electron chi connectivity index (χ4n) is 5.65. The molecule has 1 nitrogen and oxygen atoms in total. The molecule has 8 aromatic carbocycles. The van der Waals surface area contributed by atoms with Crippen LogP contribution >= 0.6 is 0 Å². The molecule has 0 fully saturated rings. The minimum absolute atomic E-state index is 0.0139. The number of benzene rings is 8. The topological polar surface area (TPSA) is 13.1 Å². The zero-order valence-electron chi connectivity index (χ0n) is 41.9. The molecule has 43 heavy (non-hydrogen) atoms. The molecule has 9 rings (SSSR count). The molecule has 0 aliphatic heterocycles. The SMILES string of the molecule is [2H]c1c([2H])c([2H])c(-c2cccc3c2oc2c(-c4c5c([2H])c([2H])c([2H])c([2H])c5c(-c5c([2H])c([2H])c6c([2H])c([2H])c([2H])c([2H])c6c5[2H])c5c([2H])c([2H])c([2H])c([2H])c45)cccc23)c([2H])c1[2H]. The highest BCUT2D eigenvalue weighted by molar-refractivity contribution is 6.24. The van der Waals surface area contributed by atoms with E-state index in [2.05, 4.69) is 0 Å². The van der Waals surface area contributed by atoms with E-state index >= 15 is 0 Å². The van der Waals surface area contributed by atoms with Crippen LogP contribution in [0, 0.1) is 0 Å². The second-order valence-electron chi connectivity index (χ2n) is 9.72. The maximum atomic E-state index is 9.45. The van der Waals surface area contributed by atoms with Crippen LogP contribution in [0.5, 0.6) is 0 Å². The van der Waals surface area contributed by atoms with Crippen molar-refractivity contribution < 1.29 is 31.8 Å². The van der Waals surface area contributed by atoms with Crippen LogP contribution < -0.4 is 0 Å². The average Bonchev–Trinajstić information content (AvgIpc) is 3.66. The fraction of sp³-hybridized carbons (Fsp3) is 0. The number of hydrogen-bond donors (Lipinski definition) is 0. The molecule has 0 N–H and O–H groups in total. The van der Waals surface area contributed by atoms with Gasteiger partial charge in [0.2, 0.25) is 0 Å². The van der Waals surface area contributed by atoms with Crippen LogP contribution in [0.4, 0.5) is 0 Å². The van der Waals surface area contributed by atoms with Crippen molar-refractivity contribution in [3.63, 3.8) is 0 Å². The lowest BCUT2D eigenvalue weighted by Crippen LogP contribution is -1.91. The molecule has 9 aromatic rings. The predicted molar refractivity (Wildman–Crippen MR) is 183 cm³/mol. The number of rotatable bonds is 3. The quantitative estimate of drug-likeness (QED) is 0.194. The van der Waals surface area contributed by atoms with E-state index in [0.717, 1.165) is 0 Å². The predicted octanol–water partition coefficient (Wildman–Crippen LogP) is 12.0. The summed E-state index contributed by atoms with van der Waals surface area (Å²) in [4.78, 5) is 0. The summed E-state index contributed by atoms with van der Waals surface area (Å²) in [5.41, 5.74) is -1.16. The van der Waals surface area contributed by atoms with E-state index in [1.807, 2.05) is 0 Å². The lowest BCUT2D eigenvalue weighted by atomic mass is 9.85. The summed E-state index contributed by atoms with van der Waals surface area (Å²) in [6, 6.07) is -4.59. The van der Waals surface area contributed by atoms with E-state index in [9.17, 15) is 8.22 Å². The van der Waals surface area contributed by atoms with Gasteiger partial charge in [-0.3, -0.25) is 0 Å². The van der Waals surface area contributed by atoms with Gasteiger partial charge in [-0.15, -0.1) is 0 Å². The zero-order chi connectivity index (χ0) is 45.7. The van der Waals surface area contributed by atoms with Gasteiger partial charge >= 0.3 is 0 Å². The fourth-order valence-corrected chi connectivity index (χ4v) is 5.65. The molecular weight excluding hydrogens is 520 g/mol.